The average Bonchev–Trinajstić information content (AvgIpc) is 2.74. The second-order valence-corrected chi connectivity index (χ2v) is 6.38. The standard InChI is InChI=1S/C21H19FN4O4/c1-13-12-17(27)19(25-26(13)15-8-4-3-5-9-15)21(29)24-23-20(28)14(2)30-18-11-7-6-10-16(18)22/h3-12,14H,1-2H3,(H,23,28)(H,24,29)/t14-/m1/s1. The van der Waals surface area contributed by atoms with E-state index < -0.39 is 34.9 Å². The van der Waals surface area contributed by atoms with Gasteiger partial charge in [-0.3, -0.25) is 25.2 Å². The summed E-state index contributed by atoms with van der Waals surface area (Å²) in [4.78, 5) is 36.7. The van der Waals surface area contributed by atoms with Crippen molar-refractivity contribution in [1.82, 2.24) is 20.6 Å². The number of ether oxygens (including phenoxy) is 1. The van der Waals surface area contributed by atoms with Crippen molar-refractivity contribution in [1.29, 1.82) is 0 Å². The van der Waals surface area contributed by atoms with Crippen LogP contribution in [0.3, 0.4) is 0 Å². The minimum absolute atomic E-state index is 0.0996. The molecule has 0 spiro atoms. The molecule has 1 atom stereocenters. The summed E-state index contributed by atoms with van der Waals surface area (Å²) in [6, 6.07) is 15.9. The molecule has 154 valence electrons. The minimum Gasteiger partial charge on any atom is -0.478 e. The van der Waals surface area contributed by atoms with Gasteiger partial charge in [0.15, 0.2) is 23.4 Å². The SMILES string of the molecule is Cc1cc(=O)c(C(=O)NNC(=O)[C@@H](C)Oc2ccccc2F)nn1-c1ccccc1. The second-order valence-electron chi connectivity index (χ2n) is 6.38. The fraction of sp³-hybridized carbons (Fsp3) is 0.143. The van der Waals surface area contributed by atoms with E-state index in [4.69, 9.17) is 4.74 Å². The van der Waals surface area contributed by atoms with E-state index in [0.29, 0.717) is 11.4 Å². The molecule has 0 aliphatic heterocycles. The van der Waals surface area contributed by atoms with Crippen molar-refractivity contribution in [2.24, 2.45) is 0 Å². The van der Waals surface area contributed by atoms with Gasteiger partial charge in [-0.05, 0) is 38.1 Å². The zero-order valence-corrected chi connectivity index (χ0v) is 16.3. The number of aryl methyl sites for hydroxylation is 1. The Morgan fingerprint density at radius 2 is 1.73 bits per heavy atom. The third kappa shape index (κ3) is 4.69. The van der Waals surface area contributed by atoms with Gasteiger partial charge in [0, 0.05) is 11.8 Å². The highest BCUT2D eigenvalue weighted by molar-refractivity contribution is 5.94. The molecule has 1 heterocycles. The van der Waals surface area contributed by atoms with Crippen LogP contribution in [0.25, 0.3) is 5.69 Å². The van der Waals surface area contributed by atoms with Crippen molar-refractivity contribution in [3.8, 4) is 11.4 Å². The van der Waals surface area contributed by atoms with Gasteiger partial charge >= 0.3 is 0 Å². The summed E-state index contributed by atoms with van der Waals surface area (Å²) in [7, 11) is 0. The number of hydrazine groups is 1. The highest BCUT2D eigenvalue weighted by Gasteiger charge is 2.20. The van der Waals surface area contributed by atoms with Crippen LogP contribution in [-0.2, 0) is 4.79 Å². The first-order valence-electron chi connectivity index (χ1n) is 9.04. The normalized spacial score (nSPS) is 11.4. The van der Waals surface area contributed by atoms with Gasteiger partial charge in [0.2, 0.25) is 5.43 Å². The molecule has 2 N–H and O–H groups in total. The van der Waals surface area contributed by atoms with Gasteiger partial charge in [-0.15, -0.1) is 0 Å². The number of amides is 2. The van der Waals surface area contributed by atoms with Crippen LogP contribution in [0.15, 0.2) is 65.5 Å². The maximum atomic E-state index is 13.6. The van der Waals surface area contributed by atoms with Crippen LogP contribution in [0.1, 0.15) is 23.1 Å². The number of benzene rings is 2. The molecule has 3 aromatic rings. The van der Waals surface area contributed by atoms with Crippen molar-refractivity contribution < 1.29 is 18.7 Å². The molecule has 9 heteroatoms. The first-order valence-corrected chi connectivity index (χ1v) is 9.04. The van der Waals surface area contributed by atoms with Gasteiger partial charge in [-0.2, -0.15) is 5.10 Å². The third-order valence-electron chi connectivity index (χ3n) is 4.13. The number of nitrogens with zero attached hydrogens (tertiary/aromatic N) is 2. The second kappa shape index (κ2) is 8.99. The number of hydrogen-bond acceptors (Lipinski definition) is 5. The Bertz CT molecular complexity index is 1130. The van der Waals surface area contributed by atoms with Crippen LogP contribution < -0.4 is 21.0 Å². The molecule has 0 unspecified atom stereocenters. The topological polar surface area (TPSA) is 102 Å². The summed E-state index contributed by atoms with van der Waals surface area (Å²) in [5.74, 6) is -2.35. The Morgan fingerprint density at radius 1 is 1.07 bits per heavy atom. The molecule has 0 radical (unpaired) electrons. The fourth-order valence-corrected chi connectivity index (χ4v) is 2.60. The van der Waals surface area contributed by atoms with Crippen LogP contribution in [-0.4, -0.2) is 27.7 Å². The molecule has 0 fully saturated rings. The highest BCUT2D eigenvalue weighted by atomic mass is 19.1. The minimum atomic E-state index is -1.10. The lowest BCUT2D eigenvalue weighted by Gasteiger charge is -2.15. The van der Waals surface area contributed by atoms with Gasteiger partial charge < -0.3 is 4.74 Å². The molecule has 0 saturated heterocycles. The first-order chi connectivity index (χ1) is 14.4. The Morgan fingerprint density at radius 3 is 2.43 bits per heavy atom. The monoisotopic (exact) mass is 410 g/mol. The van der Waals surface area contributed by atoms with Crippen molar-refractivity contribution in [2.45, 2.75) is 20.0 Å². The summed E-state index contributed by atoms with van der Waals surface area (Å²) in [6.45, 7) is 3.08. The molecule has 0 bridgehead atoms. The van der Waals surface area contributed by atoms with E-state index in [9.17, 15) is 18.8 Å². The Hall–Kier alpha value is -4.01. The van der Waals surface area contributed by atoms with Crippen molar-refractivity contribution in [2.75, 3.05) is 0 Å². The number of aromatic nitrogens is 2. The van der Waals surface area contributed by atoms with E-state index in [-0.39, 0.29) is 5.75 Å². The molecule has 1 aromatic heterocycles. The lowest BCUT2D eigenvalue weighted by atomic mass is 10.3. The van der Waals surface area contributed by atoms with Gasteiger partial charge in [0.05, 0.1) is 5.69 Å². The molecular formula is C21H19FN4O4. The molecule has 2 amide bonds. The number of carbonyl (C=O) groups is 2. The Balaban J connectivity index is 1.69. The molecular weight excluding hydrogens is 391 g/mol. The number of para-hydroxylation sites is 2. The smallest absolute Gasteiger partial charge is 0.294 e. The Labute approximate surface area is 171 Å². The number of carbonyl (C=O) groups excluding carboxylic acids is 2. The lowest BCUT2D eigenvalue weighted by molar-refractivity contribution is -0.128. The van der Waals surface area contributed by atoms with E-state index in [1.807, 2.05) is 6.07 Å². The van der Waals surface area contributed by atoms with E-state index in [1.165, 1.54) is 35.9 Å². The number of rotatable bonds is 5. The van der Waals surface area contributed by atoms with E-state index in [1.54, 1.807) is 37.3 Å². The van der Waals surface area contributed by atoms with Crippen LogP contribution in [0.5, 0.6) is 5.75 Å². The van der Waals surface area contributed by atoms with Crippen LogP contribution >= 0.6 is 0 Å². The molecule has 30 heavy (non-hydrogen) atoms. The van der Waals surface area contributed by atoms with Crippen LogP contribution in [0.2, 0.25) is 0 Å². The van der Waals surface area contributed by atoms with Crippen LogP contribution in [0, 0.1) is 12.7 Å². The van der Waals surface area contributed by atoms with Gasteiger partial charge in [0.25, 0.3) is 11.8 Å². The largest absolute Gasteiger partial charge is 0.478 e. The van der Waals surface area contributed by atoms with Gasteiger partial charge in [-0.25, -0.2) is 9.07 Å². The quantitative estimate of drug-likeness (QED) is 0.626. The zero-order chi connectivity index (χ0) is 21.7. The zero-order valence-electron chi connectivity index (χ0n) is 16.3. The van der Waals surface area contributed by atoms with E-state index in [2.05, 4.69) is 16.0 Å². The summed E-state index contributed by atoms with van der Waals surface area (Å²) >= 11 is 0. The van der Waals surface area contributed by atoms with Gasteiger partial charge in [0.1, 0.15) is 0 Å². The first kappa shape index (κ1) is 20.7. The molecule has 2 aromatic carbocycles. The highest BCUT2D eigenvalue weighted by Crippen LogP contribution is 2.16. The van der Waals surface area contributed by atoms with Gasteiger partial charge in [-0.1, -0.05) is 30.3 Å². The number of nitrogens with one attached hydrogen (secondary N) is 2. The fourth-order valence-electron chi connectivity index (χ4n) is 2.60. The maximum absolute atomic E-state index is 13.6. The third-order valence-corrected chi connectivity index (χ3v) is 4.13. The van der Waals surface area contributed by atoms with Crippen LogP contribution in [0.4, 0.5) is 4.39 Å². The molecule has 3 rings (SSSR count). The molecule has 0 aliphatic carbocycles. The lowest BCUT2D eigenvalue weighted by Crippen LogP contribution is -2.48. The summed E-state index contributed by atoms with van der Waals surface area (Å²) in [6.07, 6.45) is -1.10. The van der Waals surface area contributed by atoms with Crippen molar-refractivity contribution in [3.05, 3.63) is 88.1 Å². The molecule has 0 saturated carbocycles. The van der Waals surface area contributed by atoms with Crippen molar-refractivity contribution >= 4 is 11.8 Å². The predicted molar refractivity (Wildman–Crippen MR) is 107 cm³/mol. The molecule has 8 nitrogen and oxygen atoms in total. The number of hydrogen-bond donors (Lipinski definition) is 2. The summed E-state index contributed by atoms with van der Waals surface area (Å²) in [5.41, 5.74) is 4.49. The van der Waals surface area contributed by atoms with E-state index in [0.717, 1.165) is 0 Å². The maximum Gasteiger partial charge on any atom is 0.294 e. The average molecular weight is 410 g/mol. The number of halogens is 1. The summed E-state index contributed by atoms with van der Waals surface area (Å²) in [5, 5.41) is 4.10. The summed E-state index contributed by atoms with van der Waals surface area (Å²) < 4.78 is 20.3. The van der Waals surface area contributed by atoms with Crippen molar-refractivity contribution in [3.63, 3.8) is 0 Å². The predicted octanol–water partition coefficient (Wildman–Crippen LogP) is 1.91. The Kier molecular flexibility index (Phi) is 6.21. The van der Waals surface area contributed by atoms with E-state index >= 15 is 0 Å². The molecule has 0 aliphatic rings.